The van der Waals surface area contributed by atoms with E-state index in [9.17, 15) is 28.3 Å². The molecule has 0 spiro atoms. The molecule has 14 heteroatoms. The van der Waals surface area contributed by atoms with Crippen LogP contribution in [-0.4, -0.2) is 71.2 Å². The zero-order chi connectivity index (χ0) is 39.1. The number of fused-ring (bicyclic) bond motifs is 2. The molecule has 0 bridgehead atoms. The van der Waals surface area contributed by atoms with Crippen molar-refractivity contribution in [3.05, 3.63) is 130 Å². The number of nitrogens with one attached hydrogen (secondary N) is 1. The van der Waals surface area contributed by atoms with Gasteiger partial charge in [0.1, 0.15) is 11.5 Å². The van der Waals surface area contributed by atoms with Gasteiger partial charge in [0.25, 0.3) is 27.7 Å². The Morgan fingerprint density at radius 3 is 2.33 bits per heavy atom. The Kier molecular flexibility index (Phi) is 12.0. The van der Waals surface area contributed by atoms with E-state index < -0.39 is 27.9 Å². The topological polar surface area (TPSA) is 170 Å². The molecule has 1 aliphatic heterocycles. The van der Waals surface area contributed by atoms with E-state index in [-0.39, 0.29) is 40.7 Å². The van der Waals surface area contributed by atoms with Gasteiger partial charge in [-0.25, -0.2) is 18.1 Å². The summed E-state index contributed by atoms with van der Waals surface area (Å²) >= 11 is 0. The Morgan fingerprint density at radius 1 is 0.927 bits per heavy atom. The Morgan fingerprint density at radius 2 is 1.62 bits per heavy atom. The fourth-order valence-electron chi connectivity index (χ4n) is 6.90. The number of azide groups is 1. The molecule has 5 aromatic rings. The minimum Gasteiger partial charge on any atom is -0.337 e. The number of carbonyl (C=O) groups excluding carboxylic acids is 3. The molecule has 13 nitrogen and oxygen atoms in total. The number of sulfonamides is 1. The SMILES string of the molecule is CCCCN(CCCC)C(=O)c1cn(C)c(-c2ccc(C(=O)NS(=O)(=O)c3ccc4ccccc4c3)cc2C(=O)N2Cc3ccccc3CC2CN=[N+]=[N-])n1. The lowest BCUT2D eigenvalue weighted by Gasteiger charge is -2.36. The van der Waals surface area contributed by atoms with Crippen molar-refractivity contribution in [2.45, 2.75) is 63.4 Å². The molecule has 4 aromatic carbocycles. The minimum absolute atomic E-state index is 0.0164. The first-order valence-corrected chi connectivity index (χ1v) is 19.9. The zero-order valence-electron chi connectivity index (χ0n) is 31.2. The van der Waals surface area contributed by atoms with E-state index in [2.05, 4.69) is 28.6 Å². The first-order valence-electron chi connectivity index (χ1n) is 18.5. The summed E-state index contributed by atoms with van der Waals surface area (Å²) in [6.07, 6.45) is 5.63. The van der Waals surface area contributed by atoms with Crippen LogP contribution >= 0.6 is 0 Å². The largest absolute Gasteiger partial charge is 0.337 e. The molecule has 0 saturated carbocycles. The van der Waals surface area contributed by atoms with Crippen LogP contribution in [0.1, 0.15) is 81.9 Å². The standard InChI is InChI=1S/C41H44N8O5S/c1-4-6-20-48(21-7-5-2)41(52)37-27-47(3)38(44-37)35-19-17-31(39(50)45-55(53,54)34-18-16-28-12-8-9-14-30(28)23-34)24-36(35)40(51)49-26-32-15-11-10-13-29(32)22-33(49)25-43-46-42/h8-19,23-24,27,33H,4-7,20-22,25-26H2,1-3H3,(H,45,50). The molecule has 55 heavy (non-hydrogen) atoms. The second-order valence-electron chi connectivity index (χ2n) is 13.7. The fraction of sp³-hybridized carbons (Fsp3) is 0.317. The summed E-state index contributed by atoms with van der Waals surface area (Å²) in [5, 5.41) is 5.34. The number of rotatable bonds is 14. The highest BCUT2D eigenvalue weighted by Gasteiger charge is 2.33. The highest BCUT2D eigenvalue weighted by atomic mass is 32.2. The molecule has 0 aliphatic carbocycles. The quantitative estimate of drug-likeness (QED) is 0.0708. The smallest absolute Gasteiger partial charge is 0.274 e. The van der Waals surface area contributed by atoms with Gasteiger partial charge in [-0.2, -0.15) is 0 Å². The van der Waals surface area contributed by atoms with Gasteiger partial charge < -0.3 is 14.4 Å². The zero-order valence-corrected chi connectivity index (χ0v) is 32.0. The number of amides is 3. The van der Waals surface area contributed by atoms with Crippen LogP contribution in [0.4, 0.5) is 0 Å². The van der Waals surface area contributed by atoms with Gasteiger partial charge in [-0.15, -0.1) is 0 Å². The first-order chi connectivity index (χ1) is 26.5. The summed E-state index contributed by atoms with van der Waals surface area (Å²) < 4.78 is 30.8. The highest BCUT2D eigenvalue weighted by Crippen LogP contribution is 2.31. The number of aromatic nitrogens is 2. The Bertz CT molecular complexity index is 2390. The van der Waals surface area contributed by atoms with Crippen molar-refractivity contribution < 1.29 is 22.8 Å². The van der Waals surface area contributed by atoms with E-state index in [4.69, 9.17) is 4.98 Å². The van der Waals surface area contributed by atoms with Gasteiger partial charge in [-0.1, -0.05) is 86.4 Å². The number of carbonyl (C=O) groups is 3. The lowest BCUT2D eigenvalue weighted by atomic mass is 9.92. The number of unbranched alkanes of at least 4 members (excludes halogenated alkanes) is 2. The van der Waals surface area contributed by atoms with Gasteiger partial charge >= 0.3 is 0 Å². The van der Waals surface area contributed by atoms with Gasteiger partial charge in [-0.3, -0.25) is 14.4 Å². The molecule has 2 heterocycles. The predicted octanol–water partition coefficient (Wildman–Crippen LogP) is 7.28. The third-order valence-corrected chi connectivity index (χ3v) is 11.3. The van der Waals surface area contributed by atoms with Crippen LogP contribution in [0, 0.1) is 0 Å². The maximum absolute atomic E-state index is 14.8. The average molecular weight is 761 g/mol. The number of benzene rings is 4. The third kappa shape index (κ3) is 8.56. The van der Waals surface area contributed by atoms with Crippen molar-refractivity contribution in [1.29, 1.82) is 0 Å². The number of nitrogens with zero attached hydrogens (tertiary/aromatic N) is 7. The fourth-order valence-corrected chi connectivity index (χ4v) is 7.91. The van der Waals surface area contributed by atoms with E-state index in [0.29, 0.717) is 36.3 Å². The lowest BCUT2D eigenvalue weighted by molar-refractivity contribution is 0.0648. The summed E-state index contributed by atoms with van der Waals surface area (Å²) in [6.45, 7) is 5.56. The van der Waals surface area contributed by atoms with Crippen LogP contribution in [0.5, 0.6) is 0 Å². The van der Waals surface area contributed by atoms with Crippen molar-refractivity contribution in [2.75, 3.05) is 19.6 Å². The first kappa shape index (κ1) is 38.7. The number of hydrogen-bond donors (Lipinski definition) is 1. The van der Waals surface area contributed by atoms with Crippen LogP contribution in [-0.2, 0) is 30.0 Å². The minimum atomic E-state index is -4.30. The van der Waals surface area contributed by atoms with Crippen LogP contribution < -0.4 is 4.72 Å². The summed E-state index contributed by atoms with van der Waals surface area (Å²) in [5.74, 6) is -1.30. The Labute approximate surface area is 320 Å². The monoisotopic (exact) mass is 760 g/mol. The summed E-state index contributed by atoms with van der Waals surface area (Å²) in [5.41, 5.74) is 11.7. The molecule has 1 unspecified atom stereocenters. The third-order valence-electron chi connectivity index (χ3n) is 9.93. The molecule has 1 aromatic heterocycles. The second-order valence-corrected chi connectivity index (χ2v) is 15.4. The van der Waals surface area contributed by atoms with E-state index >= 15 is 0 Å². The molecule has 3 amide bonds. The van der Waals surface area contributed by atoms with Gasteiger partial charge in [-0.05, 0) is 77.0 Å². The van der Waals surface area contributed by atoms with E-state index in [0.717, 1.165) is 42.2 Å². The molecule has 284 valence electrons. The molecule has 6 rings (SSSR count). The van der Waals surface area contributed by atoms with Crippen LogP contribution in [0.3, 0.4) is 0 Å². The number of hydrogen-bond acceptors (Lipinski definition) is 7. The van der Waals surface area contributed by atoms with Crippen molar-refractivity contribution in [3.8, 4) is 11.4 Å². The van der Waals surface area contributed by atoms with Crippen LogP contribution in [0.25, 0.3) is 32.6 Å². The number of imidazole rings is 1. The summed E-state index contributed by atoms with van der Waals surface area (Å²) in [6, 6.07) is 23.4. The van der Waals surface area contributed by atoms with Crippen LogP contribution in [0.15, 0.2) is 101 Å². The maximum atomic E-state index is 14.8. The molecular weight excluding hydrogens is 717 g/mol. The molecule has 0 fully saturated rings. The van der Waals surface area contributed by atoms with Crippen molar-refractivity contribution in [1.82, 2.24) is 24.1 Å². The van der Waals surface area contributed by atoms with Gasteiger partial charge in [0.2, 0.25) is 0 Å². The molecule has 1 N–H and O–H groups in total. The van der Waals surface area contributed by atoms with E-state index in [1.165, 1.54) is 24.3 Å². The van der Waals surface area contributed by atoms with Gasteiger partial charge in [0, 0.05) is 61.5 Å². The molecule has 0 saturated heterocycles. The lowest BCUT2D eigenvalue weighted by Crippen LogP contribution is -2.46. The Hall–Kier alpha value is -5.98. The van der Waals surface area contributed by atoms with E-state index in [1.807, 2.05) is 36.4 Å². The molecular formula is C41H44N8O5S. The molecule has 1 atom stereocenters. The Balaban J connectivity index is 1.41. The summed E-state index contributed by atoms with van der Waals surface area (Å²) in [4.78, 5) is 53.3. The van der Waals surface area contributed by atoms with Crippen LogP contribution in [0.2, 0.25) is 0 Å². The van der Waals surface area contributed by atoms with Crippen molar-refractivity contribution in [2.24, 2.45) is 12.2 Å². The average Bonchev–Trinajstić information content (AvgIpc) is 3.59. The maximum Gasteiger partial charge on any atom is 0.274 e. The highest BCUT2D eigenvalue weighted by molar-refractivity contribution is 7.90. The molecule has 1 aliphatic rings. The summed E-state index contributed by atoms with van der Waals surface area (Å²) in [7, 11) is -2.57. The molecule has 0 radical (unpaired) electrons. The van der Waals surface area contributed by atoms with Crippen molar-refractivity contribution >= 4 is 38.5 Å². The number of aryl methyl sites for hydroxylation is 1. The normalized spacial score (nSPS) is 13.9. The van der Waals surface area contributed by atoms with Gasteiger partial charge in [0.15, 0.2) is 0 Å². The second kappa shape index (κ2) is 17.0. The van der Waals surface area contributed by atoms with E-state index in [1.54, 1.807) is 51.9 Å². The predicted molar refractivity (Wildman–Crippen MR) is 211 cm³/mol. The van der Waals surface area contributed by atoms with Gasteiger partial charge in [0.05, 0.1) is 10.5 Å². The van der Waals surface area contributed by atoms with Crippen molar-refractivity contribution in [3.63, 3.8) is 0 Å².